The number of benzene rings is 2. The maximum absolute atomic E-state index is 11.9. The van der Waals surface area contributed by atoms with Crippen LogP contribution in [0.3, 0.4) is 0 Å². The van der Waals surface area contributed by atoms with Crippen molar-refractivity contribution in [1.29, 1.82) is 0 Å². The lowest BCUT2D eigenvalue weighted by atomic mass is 9.87. The Morgan fingerprint density at radius 2 is 2.03 bits per heavy atom. The molecule has 3 N–H and O–H groups in total. The van der Waals surface area contributed by atoms with Crippen LogP contribution in [0.2, 0.25) is 0 Å². The van der Waals surface area contributed by atoms with Crippen molar-refractivity contribution in [2.75, 3.05) is 13.7 Å². The predicted octanol–water partition coefficient (Wildman–Crippen LogP) is 4.68. The van der Waals surface area contributed by atoms with E-state index in [4.69, 9.17) is 9.47 Å². The fourth-order valence-electron chi connectivity index (χ4n) is 4.95. The Kier molecular flexibility index (Phi) is 7.45. The summed E-state index contributed by atoms with van der Waals surface area (Å²) < 4.78 is 37.4. The molecule has 206 valence electrons. The van der Waals surface area contributed by atoms with Gasteiger partial charge in [-0.25, -0.2) is 9.67 Å². The van der Waals surface area contributed by atoms with Gasteiger partial charge in [0.1, 0.15) is 27.8 Å². The Morgan fingerprint density at radius 3 is 2.77 bits per heavy atom. The SMILES string of the molecule is CCC1CN(Cc2cccc(C(CC(=O)O)c3cc(OC)c4c(c3)nnn4C)c2)S(O)(O)c2cccnc2O1. The predicted molar refractivity (Wildman–Crippen MR) is 146 cm³/mol. The van der Waals surface area contributed by atoms with Crippen molar-refractivity contribution in [3.8, 4) is 11.6 Å². The molecule has 2 aromatic heterocycles. The van der Waals surface area contributed by atoms with Crippen molar-refractivity contribution in [3.63, 3.8) is 0 Å². The van der Waals surface area contributed by atoms with Gasteiger partial charge < -0.3 is 14.6 Å². The van der Waals surface area contributed by atoms with Crippen LogP contribution in [0.25, 0.3) is 11.0 Å². The molecule has 2 unspecified atom stereocenters. The number of pyridine rings is 1. The second-order valence-corrected chi connectivity index (χ2v) is 11.5. The number of ether oxygens (including phenoxy) is 2. The zero-order chi connectivity index (χ0) is 27.7. The lowest BCUT2D eigenvalue weighted by molar-refractivity contribution is -0.137. The van der Waals surface area contributed by atoms with Gasteiger partial charge in [0, 0.05) is 25.7 Å². The quantitative estimate of drug-likeness (QED) is 0.281. The molecule has 0 saturated carbocycles. The average molecular weight is 554 g/mol. The fraction of sp³-hybridized carbons (Fsp3) is 0.333. The van der Waals surface area contributed by atoms with Crippen molar-refractivity contribution in [2.45, 2.75) is 43.2 Å². The summed E-state index contributed by atoms with van der Waals surface area (Å²) in [5.41, 5.74) is 3.64. The number of rotatable bonds is 8. The highest BCUT2D eigenvalue weighted by atomic mass is 32.3. The molecular formula is C27H31N5O6S. The van der Waals surface area contributed by atoms with E-state index in [0.29, 0.717) is 24.2 Å². The highest BCUT2D eigenvalue weighted by Gasteiger charge is 2.35. The first-order chi connectivity index (χ1) is 18.7. The minimum atomic E-state index is -3.38. The highest BCUT2D eigenvalue weighted by Crippen LogP contribution is 2.57. The Hall–Kier alpha value is -3.71. The second kappa shape index (κ2) is 10.8. The minimum absolute atomic E-state index is 0.151. The maximum atomic E-state index is 11.9. The summed E-state index contributed by atoms with van der Waals surface area (Å²) in [7, 11) is -0.0543. The van der Waals surface area contributed by atoms with Crippen LogP contribution in [0.4, 0.5) is 0 Å². The molecule has 0 saturated heterocycles. The van der Waals surface area contributed by atoms with E-state index in [1.165, 1.54) is 0 Å². The smallest absolute Gasteiger partial charge is 0.304 e. The number of carbonyl (C=O) groups is 1. The van der Waals surface area contributed by atoms with Crippen LogP contribution < -0.4 is 9.47 Å². The highest BCUT2D eigenvalue weighted by molar-refractivity contribution is 8.22. The van der Waals surface area contributed by atoms with Crippen molar-refractivity contribution in [1.82, 2.24) is 24.3 Å². The number of fused-ring (bicyclic) bond motifs is 2. The third kappa shape index (κ3) is 5.28. The lowest BCUT2D eigenvalue weighted by Crippen LogP contribution is -2.34. The van der Waals surface area contributed by atoms with Gasteiger partial charge in [-0.1, -0.05) is 36.4 Å². The first-order valence-electron chi connectivity index (χ1n) is 12.5. The molecule has 39 heavy (non-hydrogen) atoms. The van der Waals surface area contributed by atoms with E-state index in [1.54, 1.807) is 41.5 Å². The molecule has 11 nitrogen and oxygen atoms in total. The standard InChI is InChI=1S/C27H31N5O6S/c1-4-20-16-32(39(35,36)24-9-6-10-28-27(24)38-20)15-17-7-5-8-18(11-17)21(14-25(33)34)19-12-22-26(23(13-19)37-3)31(2)30-29-22/h5-13,20-21,35-36H,4,14-16H2,1-3H3,(H,33,34). The van der Waals surface area contributed by atoms with Crippen molar-refractivity contribution < 1.29 is 28.5 Å². The van der Waals surface area contributed by atoms with Crippen LogP contribution in [0.1, 0.15) is 42.4 Å². The van der Waals surface area contributed by atoms with Crippen LogP contribution in [-0.2, 0) is 18.4 Å². The maximum Gasteiger partial charge on any atom is 0.304 e. The van der Waals surface area contributed by atoms with E-state index in [2.05, 4.69) is 15.3 Å². The minimum Gasteiger partial charge on any atom is -0.494 e. The first kappa shape index (κ1) is 26.9. The van der Waals surface area contributed by atoms with Gasteiger partial charge in [-0.3, -0.25) is 13.9 Å². The molecule has 0 radical (unpaired) electrons. The fourth-order valence-corrected chi connectivity index (χ4v) is 6.53. The number of aliphatic carboxylic acids is 1. The van der Waals surface area contributed by atoms with E-state index in [0.717, 1.165) is 22.2 Å². The number of hydrogen-bond acceptors (Lipinski definition) is 9. The van der Waals surface area contributed by atoms with Gasteiger partial charge >= 0.3 is 5.97 Å². The van der Waals surface area contributed by atoms with Crippen molar-refractivity contribution in [3.05, 3.63) is 71.4 Å². The molecule has 0 bridgehead atoms. The number of aryl methyl sites for hydroxylation is 1. The molecule has 4 aromatic rings. The van der Waals surface area contributed by atoms with Crippen LogP contribution in [-0.4, -0.2) is 64.2 Å². The van der Waals surface area contributed by atoms with Crippen LogP contribution >= 0.6 is 10.8 Å². The number of hydrogen-bond donors (Lipinski definition) is 3. The summed E-state index contributed by atoms with van der Waals surface area (Å²) in [6, 6.07) is 14.5. The van der Waals surface area contributed by atoms with Crippen LogP contribution in [0, 0.1) is 0 Å². The van der Waals surface area contributed by atoms with Crippen LogP contribution in [0.5, 0.6) is 11.6 Å². The molecule has 12 heteroatoms. The van der Waals surface area contributed by atoms with E-state index in [-0.39, 0.29) is 29.8 Å². The zero-order valence-electron chi connectivity index (χ0n) is 21.9. The molecule has 3 heterocycles. The number of carboxylic acid groups (broad SMARTS) is 1. The van der Waals surface area contributed by atoms with E-state index in [9.17, 15) is 19.0 Å². The third-order valence-corrected chi connectivity index (χ3v) is 8.83. The molecule has 1 aliphatic rings. The molecule has 2 aromatic carbocycles. The third-order valence-electron chi connectivity index (χ3n) is 6.93. The largest absolute Gasteiger partial charge is 0.494 e. The molecule has 2 atom stereocenters. The first-order valence-corrected chi connectivity index (χ1v) is 14.0. The summed E-state index contributed by atoms with van der Waals surface area (Å²) in [5.74, 6) is -0.658. The van der Waals surface area contributed by atoms with Crippen molar-refractivity contribution in [2.24, 2.45) is 7.05 Å². The number of aromatic nitrogens is 4. The van der Waals surface area contributed by atoms with Crippen molar-refractivity contribution >= 4 is 27.8 Å². The summed E-state index contributed by atoms with van der Waals surface area (Å²) in [5, 5.41) is 18.1. The number of methoxy groups -OCH3 is 1. The summed E-state index contributed by atoms with van der Waals surface area (Å²) in [6.07, 6.45) is 1.80. The normalized spacial score (nSPS) is 18.5. The summed E-state index contributed by atoms with van der Waals surface area (Å²) in [4.78, 5) is 16.4. The Bertz CT molecular complexity index is 1510. The Morgan fingerprint density at radius 1 is 1.21 bits per heavy atom. The Balaban J connectivity index is 1.52. The topological polar surface area (TPSA) is 143 Å². The number of carboxylic acids is 1. The molecular weight excluding hydrogens is 522 g/mol. The Labute approximate surface area is 227 Å². The monoisotopic (exact) mass is 553 g/mol. The van der Waals surface area contributed by atoms with Gasteiger partial charge in [-0.05, 0) is 47.4 Å². The van der Waals surface area contributed by atoms with E-state index in [1.807, 2.05) is 43.3 Å². The van der Waals surface area contributed by atoms with Gasteiger partial charge in [-0.2, -0.15) is 4.31 Å². The molecule has 1 aliphatic heterocycles. The average Bonchev–Trinajstić information content (AvgIpc) is 3.26. The van der Waals surface area contributed by atoms with E-state index < -0.39 is 22.7 Å². The van der Waals surface area contributed by atoms with Gasteiger partial charge in [0.25, 0.3) is 0 Å². The molecule has 5 rings (SSSR count). The molecule has 0 spiro atoms. The van der Waals surface area contributed by atoms with E-state index >= 15 is 0 Å². The van der Waals surface area contributed by atoms with Gasteiger partial charge in [0.15, 0.2) is 0 Å². The molecule has 0 amide bonds. The lowest BCUT2D eigenvalue weighted by Gasteiger charge is -2.41. The molecule has 0 aliphatic carbocycles. The summed E-state index contributed by atoms with van der Waals surface area (Å²) in [6.45, 7) is 2.48. The number of nitrogens with zero attached hydrogens (tertiary/aromatic N) is 5. The second-order valence-electron chi connectivity index (χ2n) is 9.50. The molecule has 0 fully saturated rings. The van der Waals surface area contributed by atoms with Crippen LogP contribution in [0.15, 0.2) is 59.6 Å². The zero-order valence-corrected chi connectivity index (χ0v) is 22.7. The summed E-state index contributed by atoms with van der Waals surface area (Å²) >= 11 is 0. The van der Waals surface area contributed by atoms with Gasteiger partial charge in [-0.15, -0.1) is 15.9 Å². The van der Waals surface area contributed by atoms with Gasteiger partial charge in [0.05, 0.1) is 20.1 Å². The van der Waals surface area contributed by atoms with Gasteiger partial charge in [0.2, 0.25) is 5.88 Å².